The van der Waals surface area contributed by atoms with Crippen LogP contribution in [-0.2, 0) is 0 Å². The number of thioether (sulfide) groups is 1. The standard InChI is InChI=1S/C12H16BrNS/c1-9-2-3-11(6-12(9)13)14-7-10-4-5-15-8-10/h2-3,6,10,14H,4-5,7-8H2,1H3. The molecule has 0 aromatic heterocycles. The van der Waals surface area contributed by atoms with Crippen LogP contribution in [0.5, 0.6) is 0 Å². The summed E-state index contributed by atoms with van der Waals surface area (Å²) in [7, 11) is 0. The van der Waals surface area contributed by atoms with Crippen LogP contribution in [0.15, 0.2) is 22.7 Å². The molecule has 0 bridgehead atoms. The van der Waals surface area contributed by atoms with E-state index >= 15 is 0 Å². The van der Waals surface area contributed by atoms with E-state index in [4.69, 9.17) is 0 Å². The Bertz CT molecular complexity index is 334. The molecule has 3 heteroatoms. The van der Waals surface area contributed by atoms with E-state index in [1.54, 1.807) is 0 Å². The van der Waals surface area contributed by atoms with Crippen molar-refractivity contribution in [1.82, 2.24) is 0 Å². The molecule has 1 unspecified atom stereocenters. The molecule has 0 radical (unpaired) electrons. The van der Waals surface area contributed by atoms with Crippen LogP contribution < -0.4 is 5.32 Å². The lowest BCUT2D eigenvalue weighted by atomic mass is 10.1. The van der Waals surface area contributed by atoms with Crippen molar-refractivity contribution < 1.29 is 0 Å². The number of nitrogens with one attached hydrogen (secondary N) is 1. The second-order valence-electron chi connectivity index (χ2n) is 4.07. The molecular formula is C12H16BrNS. The first-order valence-corrected chi connectivity index (χ1v) is 7.28. The Morgan fingerprint density at radius 1 is 1.53 bits per heavy atom. The van der Waals surface area contributed by atoms with E-state index in [0.29, 0.717) is 0 Å². The highest BCUT2D eigenvalue weighted by molar-refractivity contribution is 9.10. The first kappa shape index (κ1) is 11.3. The minimum absolute atomic E-state index is 0.857. The number of hydrogen-bond acceptors (Lipinski definition) is 2. The van der Waals surface area contributed by atoms with Crippen LogP contribution in [-0.4, -0.2) is 18.1 Å². The van der Waals surface area contributed by atoms with Crippen molar-refractivity contribution in [1.29, 1.82) is 0 Å². The predicted molar refractivity (Wildman–Crippen MR) is 72.8 cm³/mol. The van der Waals surface area contributed by atoms with Crippen molar-refractivity contribution in [3.8, 4) is 0 Å². The van der Waals surface area contributed by atoms with Crippen molar-refractivity contribution in [2.45, 2.75) is 13.3 Å². The molecule has 1 aromatic carbocycles. The Morgan fingerprint density at radius 3 is 3.07 bits per heavy atom. The maximum absolute atomic E-state index is 3.56. The van der Waals surface area contributed by atoms with E-state index < -0.39 is 0 Å². The molecule has 0 aliphatic carbocycles. The third kappa shape index (κ3) is 3.15. The lowest BCUT2D eigenvalue weighted by Gasteiger charge is -2.12. The van der Waals surface area contributed by atoms with Gasteiger partial charge in [-0.15, -0.1) is 0 Å². The molecule has 15 heavy (non-hydrogen) atoms. The summed E-state index contributed by atoms with van der Waals surface area (Å²) in [6.45, 7) is 3.23. The molecule has 1 saturated heterocycles. The summed E-state index contributed by atoms with van der Waals surface area (Å²) in [5.74, 6) is 3.51. The number of benzene rings is 1. The fourth-order valence-corrected chi connectivity index (χ4v) is 3.37. The van der Waals surface area contributed by atoms with Gasteiger partial charge in [-0.25, -0.2) is 0 Å². The molecule has 1 fully saturated rings. The topological polar surface area (TPSA) is 12.0 Å². The SMILES string of the molecule is Cc1ccc(NCC2CCSC2)cc1Br. The second kappa shape index (κ2) is 5.26. The minimum Gasteiger partial charge on any atom is -0.385 e. The monoisotopic (exact) mass is 285 g/mol. The van der Waals surface area contributed by atoms with E-state index in [0.717, 1.165) is 12.5 Å². The minimum atomic E-state index is 0.857. The van der Waals surface area contributed by atoms with Crippen LogP contribution >= 0.6 is 27.7 Å². The van der Waals surface area contributed by atoms with E-state index in [9.17, 15) is 0 Å². The highest BCUT2D eigenvalue weighted by Gasteiger charge is 2.14. The van der Waals surface area contributed by atoms with Crippen LogP contribution in [0.1, 0.15) is 12.0 Å². The molecule has 0 spiro atoms. The van der Waals surface area contributed by atoms with Crippen LogP contribution in [0, 0.1) is 12.8 Å². The average molecular weight is 286 g/mol. The maximum atomic E-state index is 3.56. The van der Waals surface area contributed by atoms with Gasteiger partial charge in [0.15, 0.2) is 0 Å². The van der Waals surface area contributed by atoms with Gasteiger partial charge >= 0.3 is 0 Å². The Labute approximate surface area is 104 Å². The first-order valence-electron chi connectivity index (χ1n) is 5.33. The Kier molecular flexibility index (Phi) is 3.98. The van der Waals surface area contributed by atoms with Gasteiger partial charge in [-0.2, -0.15) is 11.8 Å². The van der Waals surface area contributed by atoms with Crippen LogP contribution in [0.3, 0.4) is 0 Å². The van der Waals surface area contributed by atoms with Gasteiger partial charge in [0.2, 0.25) is 0 Å². The van der Waals surface area contributed by atoms with Crippen molar-refractivity contribution in [2.75, 3.05) is 23.4 Å². The fourth-order valence-electron chi connectivity index (χ4n) is 1.71. The number of rotatable bonds is 3. The number of halogens is 1. The summed E-state index contributed by atoms with van der Waals surface area (Å²) in [5.41, 5.74) is 2.52. The molecule has 2 rings (SSSR count). The van der Waals surface area contributed by atoms with Gasteiger partial charge in [-0.1, -0.05) is 22.0 Å². The number of anilines is 1. The van der Waals surface area contributed by atoms with E-state index in [-0.39, 0.29) is 0 Å². The normalized spacial score (nSPS) is 20.5. The number of hydrogen-bond donors (Lipinski definition) is 1. The zero-order valence-corrected chi connectivity index (χ0v) is 11.3. The van der Waals surface area contributed by atoms with E-state index in [1.807, 2.05) is 0 Å². The summed E-state index contributed by atoms with van der Waals surface area (Å²) in [6, 6.07) is 6.47. The molecule has 1 aliphatic heterocycles. The van der Waals surface area contributed by atoms with Gasteiger partial charge in [0.1, 0.15) is 0 Å². The third-order valence-electron chi connectivity index (χ3n) is 2.79. The van der Waals surface area contributed by atoms with Gasteiger partial charge in [-0.05, 0) is 48.5 Å². The molecule has 1 aliphatic rings. The van der Waals surface area contributed by atoms with Gasteiger partial charge < -0.3 is 5.32 Å². The van der Waals surface area contributed by atoms with E-state index in [1.165, 1.54) is 33.7 Å². The van der Waals surface area contributed by atoms with Gasteiger partial charge in [0.05, 0.1) is 0 Å². The molecule has 82 valence electrons. The maximum Gasteiger partial charge on any atom is 0.0351 e. The quantitative estimate of drug-likeness (QED) is 0.903. The largest absolute Gasteiger partial charge is 0.385 e. The molecule has 1 aromatic rings. The second-order valence-corrected chi connectivity index (χ2v) is 6.08. The van der Waals surface area contributed by atoms with Crippen LogP contribution in [0.4, 0.5) is 5.69 Å². The zero-order valence-electron chi connectivity index (χ0n) is 8.92. The smallest absolute Gasteiger partial charge is 0.0351 e. The Hall–Kier alpha value is -0.150. The summed E-state index contributed by atoms with van der Waals surface area (Å²) < 4.78 is 1.19. The Morgan fingerprint density at radius 2 is 2.40 bits per heavy atom. The summed E-state index contributed by atoms with van der Waals surface area (Å²) >= 11 is 5.63. The van der Waals surface area contributed by atoms with E-state index in [2.05, 4.69) is 58.1 Å². The molecule has 0 saturated carbocycles. The highest BCUT2D eigenvalue weighted by atomic mass is 79.9. The predicted octanol–water partition coefficient (Wildman–Crippen LogP) is 3.92. The van der Waals surface area contributed by atoms with Gasteiger partial charge in [-0.3, -0.25) is 0 Å². The van der Waals surface area contributed by atoms with Crippen molar-refractivity contribution in [2.24, 2.45) is 5.92 Å². The lowest BCUT2D eigenvalue weighted by Crippen LogP contribution is -2.13. The molecule has 1 nitrogen and oxygen atoms in total. The molecule has 1 atom stereocenters. The van der Waals surface area contributed by atoms with Crippen molar-refractivity contribution in [3.05, 3.63) is 28.2 Å². The zero-order chi connectivity index (χ0) is 10.7. The Balaban J connectivity index is 1.90. The summed E-state index contributed by atoms with van der Waals surface area (Å²) in [5, 5.41) is 3.51. The summed E-state index contributed by atoms with van der Waals surface area (Å²) in [4.78, 5) is 0. The number of aryl methyl sites for hydroxylation is 1. The van der Waals surface area contributed by atoms with Crippen LogP contribution in [0.25, 0.3) is 0 Å². The van der Waals surface area contributed by atoms with Gasteiger partial charge in [0.25, 0.3) is 0 Å². The molecule has 1 N–H and O–H groups in total. The summed E-state index contributed by atoms with van der Waals surface area (Å²) in [6.07, 6.45) is 1.37. The lowest BCUT2D eigenvalue weighted by molar-refractivity contribution is 0.632. The van der Waals surface area contributed by atoms with Crippen molar-refractivity contribution >= 4 is 33.4 Å². The third-order valence-corrected chi connectivity index (χ3v) is 4.88. The van der Waals surface area contributed by atoms with Crippen LogP contribution in [0.2, 0.25) is 0 Å². The molecule has 1 heterocycles. The average Bonchev–Trinajstić information content (AvgIpc) is 2.73. The van der Waals surface area contributed by atoms with Crippen molar-refractivity contribution in [3.63, 3.8) is 0 Å². The molecule has 0 amide bonds. The highest BCUT2D eigenvalue weighted by Crippen LogP contribution is 2.25. The van der Waals surface area contributed by atoms with Gasteiger partial charge in [0, 0.05) is 16.7 Å². The molecular weight excluding hydrogens is 270 g/mol. The first-order chi connectivity index (χ1) is 7.25. The fraction of sp³-hybridized carbons (Fsp3) is 0.500.